The molecule has 0 aromatic heterocycles. The second-order valence-electron chi connectivity index (χ2n) is 5.72. The second kappa shape index (κ2) is 8.32. The van der Waals surface area contributed by atoms with Crippen LogP contribution in [0.15, 0.2) is 30.4 Å². The molecule has 0 unspecified atom stereocenters. The van der Waals surface area contributed by atoms with Crippen LogP contribution in [0.3, 0.4) is 0 Å². The van der Waals surface area contributed by atoms with Crippen molar-refractivity contribution in [2.75, 3.05) is 34.2 Å². The van der Waals surface area contributed by atoms with Crippen LogP contribution < -0.4 is 4.74 Å². The van der Waals surface area contributed by atoms with E-state index in [0.717, 1.165) is 18.6 Å². The molecular formula is C18H26O4. The van der Waals surface area contributed by atoms with E-state index >= 15 is 0 Å². The maximum atomic E-state index is 5.96. The maximum Gasteiger partial charge on any atom is 0.147 e. The summed E-state index contributed by atoms with van der Waals surface area (Å²) in [4.78, 5) is 0. The number of benzene rings is 1. The fourth-order valence-electron chi connectivity index (χ4n) is 2.78. The summed E-state index contributed by atoms with van der Waals surface area (Å²) in [5.74, 6) is 1.31. The Kier molecular flexibility index (Phi) is 6.43. The van der Waals surface area contributed by atoms with E-state index in [9.17, 15) is 0 Å². The molecule has 0 aliphatic heterocycles. The monoisotopic (exact) mass is 306 g/mol. The first-order chi connectivity index (χ1) is 10.7. The molecule has 0 saturated heterocycles. The van der Waals surface area contributed by atoms with Gasteiger partial charge in [-0.25, -0.2) is 0 Å². The van der Waals surface area contributed by atoms with E-state index < -0.39 is 0 Å². The zero-order valence-corrected chi connectivity index (χ0v) is 13.8. The highest BCUT2D eigenvalue weighted by Crippen LogP contribution is 2.39. The highest BCUT2D eigenvalue weighted by molar-refractivity contribution is 5.39. The van der Waals surface area contributed by atoms with Gasteiger partial charge < -0.3 is 18.9 Å². The van der Waals surface area contributed by atoms with E-state index in [0.29, 0.717) is 19.1 Å². The quantitative estimate of drug-likeness (QED) is 0.418. The van der Waals surface area contributed by atoms with Crippen molar-refractivity contribution < 1.29 is 18.9 Å². The molecule has 4 heteroatoms. The first kappa shape index (κ1) is 17.0. The summed E-state index contributed by atoms with van der Waals surface area (Å²) in [5.41, 5.74) is 3.71. The summed E-state index contributed by atoms with van der Waals surface area (Å²) >= 11 is 0. The zero-order chi connectivity index (χ0) is 15.9. The van der Waals surface area contributed by atoms with Crippen molar-refractivity contribution in [1.29, 1.82) is 0 Å². The van der Waals surface area contributed by atoms with E-state index in [4.69, 9.17) is 18.9 Å². The average molecular weight is 306 g/mol. The SMILES string of the molecule is C=C(C)[C@H]1Cc2ccc(OC)cc2[C@@H](OCOCCOC)C1. The number of ether oxygens (including phenoxy) is 4. The smallest absolute Gasteiger partial charge is 0.147 e. The predicted octanol–water partition coefficient (Wildman–Crippen LogP) is 3.51. The van der Waals surface area contributed by atoms with Crippen LogP contribution in [0.5, 0.6) is 5.75 Å². The molecule has 22 heavy (non-hydrogen) atoms. The van der Waals surface area contributed by atoms with Gasteiger partial charge in [0.15, 0.2) is 0 Å². The summed E-state index contributed by atoms with van der Waals surface area (Å²) in [6.07, 6.45) is 1.96. The highest BCUT2D eigenvalue weighted by Gasteiger charge is 2.28. The minimum absolute atomic E-state index is 0.0168. The third kappa shape index (κ3) is 4.32. The van der Waals surface area contributed by atoms with E-state index in [1.807, 2.05) is 6.07 Å². The summed E-state index contributed by atoms with van der Waals surface area (Å²) in [7, 11) is 3.34. The normalized spacial score (nSPS) is 20.5. The predicted molar refractivity (Wildman–Crippen MR) is 86.1 cm³/mol. The second-order valence-corrected chi connectivity index (χ2v) is 5.72. The Hall–Kier alpha value is -1.36. The van der Waals surface area contributed by atoms with Crippen LogP contribution >= 0.6 is 0 Å². The third-order valence-electron chi connectivity index (χ3n) is 4.15. The van der Waals surface area contributed by atoms with Crippen LogP contribution in [0.1, 0.15) is 30.6 Å². The Bertz CT molecular complexity index is 498. The molecule has 4 nitrogen and oxygen atoms in total. The van der Waals surface area contributed by atoms with Gasteiger partial charge in [0.25, 0.3) is 0 Å². The van der Waals surface area contributed by atoms with Gasteiger partial charge in [-0.1, -0.05) is 18.2 Å². The Morgan fingerprint density at radius 3 is 2.77 bits per heavy atom. The molecule has 0 saturated carbocycles. The summed E-state index contributed by atoms with van der Waals surface area (Å²) < 4.78 is 21.7. The van der Waals surface area contributed by atoms with E-state index in [2.05, 4.69) is 25.6 Å². The van der Waals surface area contributed by atoms with E-state index in [1.54, 1.807) is 14.2 Å². The fraction of sp³-hybridized carbons (Fsp3) is 0.556. The van der Waals surface area contributed by atoms with Crippen molar-refractivity contribution in [3.05, 3.63) is 41.5 Å². The van der Waals surface area contributed by atoms with Crippen molar-refractivity contribution in [1.82, 2.24) is 0 Å². The Balaban J connectivity index is 2.07. The van der Waals surface area contributed by atoms with Crippen molar-refractivity contribution in [3.63, 3.8) is 0 Å². The molecule has 2 atom stereocenters. The Morgan fingerprint density at radius 1 is 1.27 bits per heavy atom. The molecular weight excluding hydrogens is 280 g/mol. The number of fused-ring (bicyclic) bond motifs is 1. The van der Waals surface area contributed by atoms with Crippen LogP contribution in [0.2, 0.25) is 0 Å². The molecule has 0 N–H and O–H groups in total. The molecule has 0 bridgehead atoms. The molecule has 1 aliphatic carbocycles. The molecule has 1 aromatic rings. The van der Waals surface area contributed by atoms with Gasteiger partial charge in [0, 0.05) is 7.11 Å². The van der Waals surface area contributed by atoms with Crippen LogP contribution in [-0.2, 0) is 20.6 Å². The zero-order valence-electron chi connectivity index (χ0n) is 13.8. The van der Waals surface area contributed by atoms with Gasteiger partial charge in [-0.05, 0) is 48.9 Å². The van der Waals surface area contributed by atoms with Gasteiger partial charge in [0.05, 0.1) is 26.4 Å². The third-order valence-corrected chi connectivity index (χ3v) is 4.15. The number of hydrogen-bond acceptors (Lipinski definition) is 4. The van der Waals surface area contributed by atoms with Crippen molar-refractivity contribution in [2.24, 2.45) is 5.92 Å². The topological polar surface area (TPSA) is 36.9 Å². The number of methoxy groups -OCH3 is 2. The highest BCUT2D eigenvalue weighted by atomic mass is 16.7. The van der Waals surface area contributed by atoms with Gasteiger partial charge in [-0.3, -0.25) is 0 Å². The van der Waals surface area contributed by atoms with Crippen LogP contribution in [0, 0.1) is 5.92 Å². The molecule has 0 radical (unpaired) electrons. The van der Waals surface area contributed by atoms with Gasteiger partial charge in [0.2, 0.25) is 0 Å². The van der Waals surface area contributed by atoms with Gasteiger partial charge in [0.1, 0.15) is 12.5 Å². The van der Waals surface area contributed by atoms with Gasteiger partial charge in [-0.15, -0.1) is 0 Å². The first-order valence-corrected chi connectivity index (χ1v) is 7.66. The first-order valence-electron chi connectivity index (χ1n) is 7.66. The molecule has 1 aromatic carbocycles. The minimum Gasteiger partial charge on any atom is -0.497 e. The minimum atomic E-state index is 0.0168. The summed E-state index contributed by atoms with van der Waals surface area (Å²) in [6.45, 7) is 7.59. The lowest BCUT2D eigenvalue weighted by atomic mass is 9.79. The Labute approximate surface area is 133 Å². The number of hydrogen-bond donors (Lipinski definition) is 0. The van der Waals surface area contributed by atoms with Crippen molar-refractivity contribution >= 4 is 0 Å². The van der Waals surface area contributed by atoms with E-state index in [1.165, 1.54) is 16.7 Å². The van der Waals surface area contributed by atoms with Gasteiger partial charge >= 0.3 is 0 Å². The number of allylic oxidation sites excluding steroid dienone is 1. The lowest BCUT2D eigenvalue weighted by Crippen LogP contribution is -2.22. The van der Waals surface area contributed by atoms with Crippen LogP contribution in [0.25, 0.3) is 0 Å². The molecule has 2 rings (SSSR count). The fourth-order valence-corrected chi connectivity index (χ4v) is 2.78. The largest absolute Gasteiger partial charge is 0.497 e. The van der Waals surface area contributed by atoms with Gasteiger partial charge in [-0.2, -0.15) is 0 Å². The average Bonchev–Trinajstić information content (AvgIpc) is 2.53. The molecule has 0 spiro atoms. The molecule has 122 valence electrons. The summed E-state index contributed by atoms with van der Waals surface area (Å²) in [6, 6.07) is 6.21. The lowest BCUT2D eigenvalue weighted by molar-refractivity contribution is -0.106. The lowest BCUT2D eigenvalue weighted by Gasteiger charge is -2.32. The molecule has 1 aliphatic rings. The van der Waals surface area contributed by atoms with Crippen LogP contribution in [-0.4, -0.2) is 34.2 Å². The van der Waals surface area contributed by atoms with E-state index in [-0.39, 0.29) is 12.9 Å². The maximum absolute atomic E-state index is 5.96. The number of rotatable bonds is 8. The van der Waals surface area contributed by atoms with Crippen LogP contribution in [0.4, 0.5) is 0 Å². The van der Waals surface area contributed by atoms with Crippen molar-refractivity contribution in [2.45, 2.75) is 25.9 Å². The molecule has 0 fully saturated rings. The Morgan fingerprint density at radius 2 is 2.09 bits per heavy atom. The molecule has 0 amide bonds. The molecule has 0 heterocycles. The van der Waals surface area contributed by atoms with Crippen molar-refractivity contribution in [3.8, 4) is 5.75 Å². The summed E-state index contributed by atoms with van der Waals surface area (Å²) in [5, 5.41) is 0. The standard InChI is InChI=1S/C18H26O4/c1-13(2)15-9-14-5-6-16(20-4)11-17(14)18(10-15)22-12-21-8-7-19-3/h5-6,11,15,18H,1,7-10,12H2,2-4H3/t15-,18-/m0/s1.